The number of carbonyl (C=O) groups is 1. The van der Waals surface area contributed by atoms with Crippen molar-refractivity contribution in [3.63, 3.8) is 0 Å². The van der Waals surface area contributed by atoms with Crippen LogP contribution in [0.15, 0.2) is 53.5 Å². The molecule has 9 heteroatoms. The Hall–Kier alpha value is -2.03. The third-order valence-corrected chi connectivity index (χ3v) is 8.70. The second-order valence-electron chi connectivity index (χ2n) is 7.33. The van der Waals surface area contributed by atoms with E-state index in [0.717, 1.165) is 11.1 Å². The first-order chi connectivity index (χ1) is 14.3. The smallest absolute Gasteiger partial charge is 0.252 e. The van der Waals surface area contributed by atoms with E-state index in [-0.39, 0.29) is 35.1 Å². The summed E-state index contributed by atoms with van der Waals surface area (Å²) in [7, 11) is -1.52. The molecular formula is C21H21ClN2O4S2. The molecule has 158 valence electrons. The maximum Gasteiger partial charge on any atom is 0.252 e. The second kappa shape index (κ2) is 8.61. The number of benzene rings is 2. The Balaban J connectivity index is 1.58. The van der Waals surface area contributed by atoms with Gasteiger partial charge in [0.05, 0.1) is 31.1 Å². The summed E-state index contributed by atoms with van der Waals surface area (Å²) in [6.45, 7) is 0.474. The van der Waals surface area contributed by atoms with E-state index in [1.807, 2.05) is 41.3 Å². The van der Waals surface area contributed by atoms with Gasteiger partial charge in [-0.2, -0.15) is 4.99 Å². The number of rotatable bonds is 5. The van der Waals surface area contributed by atoms with Crippen molar-refractivity contribution in [2.75, 3.05) is 18.6 Å². The molecule has 2 heterocycles. The number of carbonyl (C=O) groups excluding carboxylic acids is 1. The fourth-order valence-electron chi connectivity index (χ4n) is 3.77. The van der Waals surface area contributed by atoms with Gasteiger partial charge < -0.3 is 9.64 Å². The minimum atomic E-state index is -3.09. The average Bonchev–Trinajstić information content (AvgIpc) is 3.16. The van der Waals surface area contributed by atoms with E-state index in [2.05, 4.69) is 4.99 Å². The standard InChI is InChI=1S/C21H21ClN2O4S2/c1-28-18-5-3-2-4-15(18)10-20(25)23-21-24(11-14-6-8-16(22)9-7-14)17-12-30(26,27)13-19(17)29-21/h2-9,17,19H,10-13H2,1H3/t17-,19-/m0/s1. The molecule has 0 bridgehead atoms. The SMILES string of the molecule is COc1ccccc1CC(=O)N=C1S[C@H]2CS(=O)(=O)C[C@@H]2N1Cc1ccc(Cl)cc1. The zero-order chi connectivity index (χ0) is 21.3. The summed E-state index contributed by atoms with van der Waals surface area (Å²) in [6, 6.07) is 14.6. The molecule has 2 aliphatic heterocycles. The summed E-state index contributed by atoms with van der Waals surface area (Å²) >= 11 is 7.36. The topological polar surface area (TPSA) is 76.0 Å². The van der Waals surface area contributed by atoms with Crippen LogP contribution in [0.2, 0.25) is 5.02 Å². The highest BCUT2D eigenvalue weighted by Gasteiger charge is 2.48. The molecule has 2 fully saturated rings. The largest absolute Gasteiger partial charge is 0.496 e. The van der Waals surface area contributed by atoms with Crippen molar-refractivity contribution in [3.05, 3.63) is 64.7 Å². The first-order valence-electron chi connectivity index (χ1n) is 9.46. The molecule has 2 atom stereocenters. The van der Waals surface area contributed by atoms with Crippen molar-refractivity contribution in [2.45, 2.75) is 24.3 Å². The maximum absolute atomic E-state index is 12.7. The van der Waals surface area contributed by atoms with Crippen molar-refractivity contribution in [1.82, 2.24) is 4.90 Å². The summed E-state index contributed by atoms with van der Waals surface area (Å²) < 4.78 is 29.6. The van der Waals surface area contributed by atoms with Gasteiger partial charge in [0.1, 0.15) is 5.75 Å². The van der Waals surface area contributed by atoms with Crippen LogP contribution >= 0.6 is 23.4 Å². The number of hydrogen-bond donors (Lipinski definition) is 0. The fraction of sp³-hybridized carbons (Fsp3) is 0.333. The van der Waals surface area contributed by atoms with Crippen LogP contribution in [0.5, 0.6) is 5.75 Å². The molecule has 4 rings (SSSR count). The van der Waals surface area contributed by atoms with Gasteiger partial charge in [0.25, 0.3) is 5.91 Å². The molecule has 0 unspecified atom stereocenters. The van der Waals surface area contributed by atoms with E-state index in [1.54, 1.807) is 19.2 Å². The first-order valence-corrected chi connectivity index (χ1v) is 12.5. The molecule has 2 aromatic rings. The Morgan fingerprint density at radius 2 is 1.93 bits per heavy atom. The molecule has 2 saturated heterocycles. The molecule has 0 saturated carbocycles. The number of hydrogen-bond acceptors (Lipinski definition) is 5. The number of aliphatic imine (C=N–C) groups is 1. The van der Waals surface area contributed by atoms with Crippen molar-refractivity contribution in [3.8, 4) is 5.75 Å². The second-order valence-corrected chi connectivity index (χ2v) is 11.1. The molecule has 6 nitrogen and oxygen atoms in total. The summed E-state index contributed by atoms with van der Waals surface area (Å²) in [5.41, 5.74) is 1.75. The van der Waals surface area contributed by atoms with E-state index in [1.165, 1.54) is 11.8 Å². The number of fused-ring (bicyclic) bond motifs is 1. The lowest BCUT2D eigenvalue weighted by molar-refractivity contribution is -0.117. The Labute approximate surface area is 185 Å². The van der Waals surface area contributed by atoms with Crippen LogP contribution in [0.25, 0.3) is 0 Å². The van der Waals surface area contributed by atoms with Crippen molar-refractivity contribution in [2.24, 2.45) is 4.99 Å². The van der Waals surface area contributed by atoms with E-state index in [4.69, 9.17) is 16.3 Å². The number of ether oxygens (including phenoxy) is 1. The number of methoxy groups -OCH3 is 1. The average molecular weight is 465 g/mol. The van der Waals surface area contributed by atoms with Crippen LogP contribution in [0, 0.1) is 0 Å². The molecule has 30 heavy (non-hydrogen) atoms. The summed E-state index contributed by atoms with van der Waals surface area (Å²) in [5.74, 6) is 0.550. The minimum absolute atomic E-state index is 0.0813. The number of amidine groups is 1. The summed E-state index contributed by atoms with van der Waals surface area (Å²) in [4.78, 5) is 19.0. The number of amides is 1. The summed E-state index contributed by atoms with van der Waals surface area (Å²) in [5, 5.41) is 1.10. The number of halogens is 1. The minimum Gasteiger partial charge on any atom is -0.496 e. The van der Waals surface area contributed by atoms with Crippen LogP contribution in [0.4, 0.5) is 0 Å². The number of thioether (sulfide) groups is 1. The predicted molar refractivity (Wildman–Crippen MR) is 120 cm³/mol. The van der Waals surface area contributed by atoms with Crippen LogP contribution in [-0.4, -0.2) is 54.3 Å². The van der Waals surface area contributed by atoms with Crippen LogP contribution in [0.1, 0.15) is 11.1 Å². The van der Waals surface area contributed by atoms with Crippen LogP contribution in [0.3, 0.4) is 0 Å². The van der Waals surface area contributed by atoms with E-state index >= 15 is 0 Å². The molecule has 0 spiro atoms. The van der Waals surface area contributed by atoms with Gasteiger partial charge in [-0.25, -0.2) is 8.42 Å². The molecule has 1 amide bonds. The predicted octanol–water partition coefficient (Wildman–Crippen LogP) is 3.19. The van der Waals surface area contributed by atoms with Crippen LogP contribution in [-0.2, 0) is 27.6 Å². The van der Waals surface area contributed by atoms with Gasteiger partial charge in [-0.1, -0.05) is 53.7 Å². The lowest BCUT2D eigenvalue weighted by Gasteiger charge is -2.24. The van der Waals surface area contributed by atoms with Crippen molar-refractivity contribution in [1.29, 1.82) is 0 Å². The molecular weight excluding hydrogens is 444 g/mol. The van der Waals surface area contributed by atoms with E-state index in [0.29, 0.717) is 22.5 Å². The quantitative estimate of drug-likeness (QED) is 0.676. The van der Waals surface area contributed by atoms with E-state index in [9.17, 15) is 13.2 Å². The summed E-state index contributed by atoms with van der Waals surface area (Å²) in [6.07, 6.45) is 0.122. The van der Waals surface area contributed by atoms with Gasteiger partial charge in [-0.15, -0.1) is 0 Å². The Morgan fingerprint density at radius 3 is 2.67 bits per heavy atom. The maximum atomic E-state index is 12.7. The van der Waals surface area contributed by atoms with Gasteiger partial charge in [-0.3, -0.25) is 4.79 Å². The van der Waals surface area contributed by atoms with Gasteiger partial charge in [0, 0.05) is 22.4 Å². The molecule has 0 aliphatic carbocycles. The number of para-hydroxylation sites is 1. The van der Waals surface area contributed by atoms with Crippen molar-refractivity contribution < 1.29 is 17.9 Å². The Kier molecular flexibility index (Phi) is 6.09. The van der Waals surface area contributed by atoms with Crippen LogP contribution < -0.4 is 4.74 Å². The highest BCUT2D eigenvalue weighted by molar-refractivity contribution is 8.15. The van der Waals surface area contributed by atoms with Gasteiger partial charge in [-0.05, 0) is 23.8 Å². The Morgan fingerprint density at radius 1 is 1.20 bits per heavy atom. The molecule has 0 aromatic heterocycles. The highest BCUT2D eigenvalue weighted by Crippen LogP contribution is 2.39. The third kappa shape index (κ3) is 4.66. The van der Waals surface area contributed by atoms with Gasteiger partial charge >= 0.3 is 0 Å². The molecule has 2 aromatic carbocycles. The molecule has 0 N–H and O–H groups in total. The molecule has 0 radical (unpaired) electrons. The van der Waals surface area contributed by atoms with Gasteiger partial charge in [0.15, 0.2) is 15.0 Å². The highest BCUT2D eigenvalue weighted by atomic mass is 35.5. The number of sulfone groups is 1. The zero-order valence-electron chi connectivity index (χ0n) is 16.3. The monoisotopic (exact) mass is 464 g/mol. The lowest BCUT2D eigenvalue weighted by Crippen LogP contribution is -2.37. The number of nitrogens with zero attached hydrogens (tertiary/aromatic N) is 2. The first kappa shape index (κ1) is 21.2. The third-order valence-electron chi connectivity index (χ3n) is 5.20. The zero-order valence-corrected chi connectivity index (χ0v) is 18.7. The van der Waals surface area contributed by atoms with Gasteiger partial charge in [0.2, 0.25) is 0 Å². The lowest BCUT2D eigenvalue weighted by atomic mass is 10.1. The fourth-order valence-corrected chi connectivity index (χ4v) is 7.86. The normalized spacial score (nSPS) is 23.5. The van der Waals surface area contributed by atoms with Crippen molar-refractivity contribution >= 4 is 44.3 Å². The molecule has 2 aliphatic rings. The van der Waals surface area contributed by atoms with E-state index < -0.39 is 9.84 Å². The Bertz CT molecular complexity index is 1090.